The molecule has 1 aliphatic rings. The van der Waals surface area contributed by atoms with Crippen molar-refractivity contribution in [3.8, 4) is 0 Å². The third kappa shape index (κ3) is 8.25. The number of carbonyl (C=O) groups excluding carboxylic acids is 1. The maximum Gasteiger partial charge on any atom is 0.490 e. The number of carbonyl (C=O) groups is 2. The van der Waals surface area contributed by atoms with Crippen LogP contribution in [-0.2, 0) is 15.7 Å². The Morgan fingerprint density at radius 1 is 1.09 bits per heavy atom. The van der Waals surface area contributed by atoms with Gasteiger partial charge < -0.3 is 20.5 Å². The number of ether oxygens (including phenoxy) is 1. The van der Waals surface area contributed by atoms with Crippen molar-refractivity contribution in [3.63, 3.8) is 0 Å². The van der Waals surface area contributed by atoms with Gasteiger partial charge in [-0.1, -0.05) is 0 Å². The third-order valence-electron chi connectivity index (χ3n) is 4.35. The first-order valence-corrected chi connectivity index (χ1v) is 9.43. The molecule has 1 saturated heterocycles. The molecule has 1 aliphatic heterocycles. The summed E-state index contributed by atoms with van der Waals surface area (Å²) in [6.07, 6.45) is -6.97. The lowest BCUT2D eigenvalue weighted by molar-refractivity contribution is -0.192. The zero-order valence-electron chi connectivity index (χ0n) is 16.8. The fourth-order valence-corrected chi connectivity index (χ4v) is 2.66. The molecular weight excluding hydrogens is 460 g/mol. The molecule has 0 bridgehead atoms. The van der Waals surface area contributed by atoms with Crippen LogP contribution >= 0.6 is 0 Å². The molecule has 1 atom stereocenters. The largest absolute Gasteiger partial charge is 0.490 e. The maximum atomic E-state index is 12.6. The van der Waals surface area contributed by atoms with E-state index in [-0.39, 0.29) is 5.69 Å². The lowest BCUT2D eigenvalue weighted by atomic mass is 10.1. The first-order valence-electron chi connectivity index (χ1n) is 9.43. The van der Waals surface area contributed by atoms with Gasteiger partial charge in [-0.15, -0.1) is 0 Å². The number of halogens is 6. The van der Waals surface area contributed by atoms with E-state index in [2.05, 4.69) is 15.6 Å². The van der Waals surface area contributed by atoms with Gasteiger partial charge in [-0.05, 0) is 42.8 Å². The molecule has 0 saturated carbocycles. The van der Waals surface area contributed by atoms with Crippen LogP contribution in [0.4, 0.5) is 37.8 Å². The van der Waals surface area contributed by atoms with Gasteiger partial charge in [0.25, 0.3) is 5.91 Å². The second kappa shape index (κ2) is 11.0. The summed E-state index contributed by atoms with van der Waals surface area (Å²) in [5.41, 5.74) is -0.161. The SMILES string of the molecule is O=C(Nc1ccc(C(F)(F)F)cc1)c1cccnc1NCC1CCOC1.O=C(O)C(F)(F)F. The van der Waals surface area contributed by atoms with Crippen molar-refractivity contribution in [2.24, 2.45) is 5.92 Å². The number of amides is 1. The standard InChI is InChI=1S/C18H18F3N3O2.C2HF3O2/c19-18(20,21)13-3-5-14(6-4-13)24-17(25)15-2-1-8-22-16(15)23-10-12-7-9-26-11-12;3-2(4,5)1(6)7/h1-6,8,12H,7,9-11H2,(H,22,23)(H,24,25);(H,6,7). The lowest BCUT2D eigenvalue weighted by Gasteiger charge is -2.14. The molecule has 2 aromatic rings. The molecular formula is C20H19F6N3O4. The molecule has 180 valence electrons. The van der Waals surface area contributed by atoms with E-state index in [1.165, 1.54) is 12.1 Å². The fourth-order valence-electron chi connectivity index (χ4n) is 2.66. The molecule has 1 aromatic carbocycles. The number of carboxylic acids is 1. The van der Waals surface area contributed by atoms with Gasteiger partial charge in [0.05, 0.1) is 17.7 Å². The van der Waals surface area contributed by atoms with Gasteiger partial charge >= 0.3 is 18.3 Å². The van der Waals surface area contributed by atoms with Crippen LogP contribution in [0.3, 0.4) is 0 Å². The van der Waals surface area contributed by atoms with E-state index < -0.39 is 29.8 Å². The fraction of sp³-hybridized carbons (Fsp3) is 0.350. The van der Waals surface area contributed by atoms with E-state index >= 15 is 0 Å². The van der Waals surface area contributed by atoms with Gasteiger partial charge in [0, 0.05) is 31.0 Å². The summed E-state index contributed by atoms with van der Waals surface area (Å²) in [5.74, 6) is -2.40. The highest BCUT2D eigenvalue weighted by molar-refractivity contribution is 6.07. The molecule has 13 heteroatoms. The smallest absolute Gasteiger partial charge is 0.475 e. The molecule has 1 aromatic heterocycles. The zero-order chi connectivity index (χ0) is 24.6. The number of benzene rings is 1. The van der Waals surface area contributed by atoms with E-state index in [9.17, 15) is 31.1 Å². The number of aliphatic carboxylic acids is 1. The van der Waals surface area contributed by atoms with Crippen LogP contribution in [0.1, 0.15) is 22.3 Å². The monoisotopic (exact) mass is 479 g/mol. The van der Waals surface area contributed by atoms with Crippen LogP contribution in [-0.4, -0.2) is 47.9 Å². The Kier molecular flexibility index (Phi) is 8.63. The number of carboxylic acid groups (broad SMARTS) is 1. The first-order chi connectivity index (χ1) is 15.4. The minimum Gasteiger partial charge on any atom is -0.475 e. The second-order valence-corrected chi connectivity index (χ2v) is 6.84. The third-order valence-corrected chi connectivity index (χ3v) is 4.35. The number of rotatable bonds is 5. The highest BCUT2D eigenvalue weighted by Crippen LogP contribution is 2.30. The quantitative estimate of drug-likeness (QED) is 0.549. The van der Waals surface area contributed by atoms with Gasteiger partial charge in [-0.2, -0.15) is 26.3 Å². The summed E-state index contributed by atoms with van der Waals surface area (Å²) >= 11 is 0. The van der Waals surface area contributed by atoms with Crippen molar-refractivity contribution in [3.05, 3.63) is 53.7 Å². The summed E-state index contributed by atoms with van der Waals surface area (Å²) in [4.78, 5) is 25.6. The topological polar surface area (TPSA) is 101 Å². The molecule has 2 heterocycles. The van der Waals surface area contributed by atoms with E-state index in [4.69, 9.17) is 14.6 Å². The summed E-state index contributed by atoms with van der Waals surface area (Å²) in [5, 5.41) is 12.9. The second-order valence-electron chi connectivity index (χ2n) is 6.84. The van der Waals surface area contributed by atoms with Crippen molar-refractivity contribution >= 4 is 23.4 Å². The van der Waals surface area contributed by atoms with Crippen molar-refractivity contribution in [1.82, 2.24) is 4.98 Å². The van der Waals surface area contributed by atoms with Gasteiger partial charge in [0.15, 0.2) is 0 Å². The average Bonchev–Trinajstić information content (AvgIpc) is 3.25. The van der Waals surface area contributed by atoms with E-state index in [1.54, 1.807) is 18.3 Å². The van der Waals surface area contributed by atoms with Crippen LogP contribution in [0.15, 0.2) is 42.6 Å². The highest BCUT2D eigenvalue weighted by atomic mass is 19.4. The van der Waals surface area contributed by atoms with Crippen LogP contribution in [0.2, 0.25) is 0 Å². The summed E-state index contributed by atoms with van der Waals surface area (Å²) in [6, 6.07) is 7.54. The Hall–Kier alpha value is -3.35. The number of alkyl halides is 6. The van der Waals surface area contributed by atoms with E-state index in [0.717, 1.165) is 25.2 Å². The first kappa shape index (κ1) is 25.9. The number of anilines is 2. The normalized spacial score (nSPS) is 15.9. The zero-order valence-corrected chi connectivity index (χ0v) is 16.8. The van der Waals surface area contributed by atoms with Gasteiger partial charge in [-0.3, -0.25) is 4.79 Å². The molecule has 0 spiro atoms. The maximum absolute atomic E-state index is 12.6. The predicted octanol–water partition coefficient (Wildman–Crippen LogP) is 4.43. The molecule has 3 N–H and O–H groups in total. The number of nitrogens with one attached hydrogen (secondary N) is 2. The van der Waals surface area contributed by atoms with Crippen molar-refractivity contribution in [2.45, 2.75) is 18.8 Å². The summed E-state index contributed by atoms with van der Waals surface area (Å²) < 4.78 is 74.9. The minimum atomic E-state index is -5.08. The average molecular weight is 479 g/mol. The van der Waals surface area contributed by atoms with E-state index in [0.29, 0.717) is 30.5 Å². The minimum absolute atomic E-state index is 0.280. The lowest BCUT2D eigenvalue weighted by Crippen LogP contribution is -2.21. The van der Waals surface area contributed by atoms with Crippen LogP contribution in [0, 0.1) is 5.92 Å². The number of pyridine rings is 1. The molecule has 3 rings (SSSR count). The van der Waals surface area contributed by atoms with Gasteiger partial charge in [0.1, 0.15) is 5.82 Å². The van der Waals surface area contributed by atoms with Crippen LogP contribution in [0.5, 0.6) is 0 Å². The van der Waals surface area contributed by atoms with Crippen LogP contribution in [0.25, 0.3) is 0 Å². The Bertz CT molecular complexity index is 942. The Balaban J connectivity index is 0.000000479. The van der Waals surface area contributed by atoms with E-state index in [1.807, 2.05) is 0 Å². The van der Waals surface area contributed by atoms with Crippen molar-refractivity contribution in [2.75, 3.05) is 30.4 Å². The molecule has 0 radical (unpaired) electrons. The van der Waals surface area contributed by atoms with Gasteiger partial charge in [-0.25, -0.2) is 9.78 Å². The van der Waals surface area contributed by atoms with Crippen molar-refractivity contribution in [1.29, 1.82) is 0 Å². The highest BCUT2D eigenvalue weighted by Gasteiger charge is 2.38. The predicted molar refractivity (Wildman–Crippen MR) is 105 cm³/mol. The van der Waals surface area contributed by atoms with Crippen LogP contribution < -0.4 is 10.6 Å². The Morgan fingerprint density at radius 3 is 2.24 bits per heavy atom. The number of hydrogen-bond acceptors (Lipinski definition) is 5. The Labute approximate surface area is 183 Å². The summed E-state index contributed by atoms with van der Waals surface area (Å²) in [7, 11) is 0. The molecule has 1 unspecified atom stereocenters. The number of nitrogens with zero attached hydrogens (tertiary/aromatic N) is 1. The number of aromatic nitrogens is 1. The number of hydrogen-bond donors (Lipinski definition) is 3. The molecule has 33 heavy (non-hydrogen) atoms. The summed E-state index contributed by atoms with van der Waals surface area (Å²) in [6.45, 7) is 2.04. The molecule has 1 fully saturated rings. The molecule has 1 amide bonds. The molecule has 0 aliphatic carbocycles. The Morgan fingerprint density at radius 2 is 1.73 bits per heavy atom. The van der Waals surface area contributed by atoms with Crippen molar-refractivity contribution < 1.29 is 45.8 Å². The molecule has 7 nitrogen and oxygen atoms in total. The van der Waals surface area contributed by atoms with Gasteiger partial charge in [0.2, 0.25) is 0 Å².